The van der Waals surface area contributed by atoms with Gasteiger partial charge in [-0.15, -0.1) is 0 Å². The van der Waals surface area contributed by atoms with Gasteiger partial charge < -0.3 is 15.3 Å². The Labute approximate surface area is 195 Å². The Morgan fingerprint density at radius 2 is 1.69 bits per heavy atom. The summed E-state index contributed by atoms with van der Waals surface area (Å²) in [5.74, 6) is 2.44. The topological polar surface area (TPSA) is 77.8 Å². The summed E-state index contributed by atoms with van der Waals surface area (Å²) in [6.07, 6.45) is 7.03. The highest BCUT2D eigenvalue weighted by molar-refractivity contribution is 5.83. The average Bonchev–Trinajstić information content (AvgIpc) is 3.06. The van der Waals surface area contributed by atoms with Gasteiger partial charge in [-0.25, -0.2) is 0 Å². The fraction of sp³-hybridized carbons (Fsp3) is 0.964. The molecular formula is C28H48O4. The molecule has 4 nitrogen and oxygen atoms in total. The molecule has 0 radical (unpaired) electrons. The van der Waals surface area contributed by atoms with E-state index in [-0.39, 0.29) is 40.5 Å². The van der Waals surface area contributed by atoms with Gasteiger partial charge in [0.05, 0.1) is 18.3 Å². The average molecular weight is 449 g/mol. The first kappa shape index (κ1) is 24.7. The number of carbonyl (C=O) groups is 1. The third-order valence-corrected chi connectivity index (χ3v) is 11.2. The Kier molecular flexibility index (Phi) is 6.43. The summed E-state index contributed by atoms with van der Waals surface area (Å²) in [6.45, 7) is 13.0. The summed E-state index contributed by atoms with van der Waals surface area (Å²) >= 11 is 0. The van der Waals surface area contributed by atoms with Crippen LogP contribution in [0, 0.1) is 51.8 Å². The molecule has 11 atom stereocenters. The second kappa shape index (κ2) is 8.34. The number of fused-ring (bicyclic) bond motifs is 5. The van der Waals surface area contributed by atoms with Gasteiger partial charge >= 0.3 is 0 Å². The van der Waals surface area contributed by atoms with Crippen molar-refractivity contribution in [3.05, 3.63) is 0 Å². The van der Waals surface area contributed by atoms with Gasteiger partial charge in [0.2, 0.25) is 0 Å². The molecule has 0 bridgehead atoms. The molecule has 0 saturated heterocycles. The van der Waals surface area contributed by atoms with E-state index in [2.05, 4.69) is 20.8 Å². The molecule has 0 unspecified atom stereocenters. The van der Waals surface area contributed by atoms with E-state index in [1.54, 1.807) is 0 Å². The Hall–Kier alpha value is -0.450. The predicted molar refractivity (Wildman–Crippen MR) is 127 cm³/mol. The van der Waals surface area contributed by atoms with Crippen LogP contribution in [0.3, 0.4) is 0 Å². The molecule has 0 spiro atoms. The molecule has 0 aromatic rings. The zero-order valence-electron chi connectivity index (χ0n) is 21.3. The van der Waals surface area contributed by atoms with Gasteiger partial charge in [0.1, 0.15) is 5.78 Å². The van der Waals surface area contributed by atoms with Crippen molar-refractivity contribution < 1.29 is 20.1 Å². The minimum atomic E-state index is -0.350. The normalized spacial score (nSPS) is 49.7. The van der Waals surface area contributed by atoms with Crippen molar-refractivity contribution >= 4 is 5.78 Å². The lowest BCUT2D eigenvalue weighted by atomic mass is 9.43. The lowest BCUT2D eigenvalue weighted by molar-refractivity contribution is -0.207. The van der Waals surface area contributed by atoms with Crippen LogP contribution in [-0.2, 0) is 4.79 Å². The molecule has 32 heavy (non-hydrogen) atoms. The van der Waals surface area contributed by atoms with Crippen molar-refractivity contribution in [3.63, 3.8) is 0 Å². The van der Waals surface area contributed by atoms with Crippen molar-refractivity contribution in [2.45, 2.75) is 118 Å². The molecule has 0 heterocycles. The summed E-state index contributed by atoms with van der Waals surface area (Å²) in [5.41, 5.74) is -0.344. The van der Waals surface area contributed by atoms with Crippen molar-refractivity contribution in [2.75, 3.05) is 0 Å². The number of hydrogen-bond acceptors (Lipinski definition) is 4. The molecule has 4 heteroatoms. The third-order valence-electron chi connectivity index (χ3n) is 11.2. The van der Waals surface area contributed by atoms with Crippen LogP contribution < -0.4 is 0 Å². The van der Waals surface area contributed by atoms with Crippen LogP contribution in [-0.4, -0.2) is 39.4 Å². The molecule has 184 valence electrons. The van der Waals surface area contributed by atoms with E-state index >= 15 is 0 Å². The standard InChI is InChI=1S/C28H48O4/c1-16(7-10-23(31)26(2,3)4)19-8-9-20-25-21(15-24(32)28(19,20)6)27(5)12-11-18(29)13-17(27)14-22(25)30/h16-22,24-25,29-30,32H,7-15H2,1-6H3/t16-,17+,18-,19-,20+,21+,22-,24+,25+,27+,28-/m1/s1. The van der Waals surface area contributed by atoms with Gasteiger partial charge in [-0.1, -0.05) is 41.5 Å². The molecule has 0 aromatic heterocycles. The fourth-order valence-corrected chi connectivity index (χ4v) is 9.07. The summed E-state index contributed by atoms with van der Waals surface area (Å²) in [7, 11) is 0. The van der Waals surface area contributed by atoms with E-state index in [0.29, 0.717) is 41.8 Å². The lowest BCUT2D eigenvalue weighted by Gasteiger charge is -2.63. The second-order valence-electron chi connectivity index (χ2n) is 13.7. The molecular weight excluding hydrogens is 400 g/mol. The number of aliphatic hydroxyl groups excluding tert-OH is 3. The third kappa shape index (κ3) is 3.81. The minimum Gasteiger partial charge on any atom is -0.393 e. The summed E-state index contributed by atoms with van der Waals surface area (Å²) in [5, 5.41) is 33.3. The van der Waals surface area contributed by atoms with Crippen LogP contribution in [0.4, 0.5) is 0 Å². The van der Waals surface area contributed by atoms with Gasteiger partial charge in [-0.05, 0) is 97.7 Å². The Morgan fingerprint density at radius 1 is 1.00 bits per heavy atom. The van der Waals surface area contributed by atoms with Crippen molar-refractivity contribution in [2.24, 2.45) is 51.8 Å². The van der Waals surface area contributed by atoms with E-state index in [4.69, 9.17) is 0 Å². The van der Waals surface area contributed by atoms with E-state index in [1.165, 1.54) is 0 Å². The summed E-state index contributed by atoms with van der Waals surface area (Å²) < 4.78 is 0. The van der Waals surface area contributed by atoms with Gasteiger partial charge in [-0.2, -0.15) is 0 Å². The number of Topliss-reactive ketones (excluding diaryl/α,β-unsaturated/α-hetero) is 1. The largest absolute Gasteiger partial charge is 0.393 e. The highest BCUT2D eigenvalue weighted by atomic mass is 16.3. The van der Waals surface area contributed by atoms with Crippen molar-refractivity contribution in [1.29, 1.82) is 0 Å². The maximum atomic E-state index is 12.5. The van der Waals surface area contributed by atoms with Crippen LogP contribution in [0.2, 0.25) is 0 Å². The summed E-state index contributed by atoms with van der Waals surface area (Å²) in [6, 6.07) is 0. The molecule has 4 fully saturated rings. The molecule has 0 amide bonds. The van der Waals surface area contributed by atoms with Crippen LogP contribution in [0.1, 0.15) is 99.3 Å². The molecule has 4 aliphatic rings. The van der Waals surface area contributed by atoms with E-state index in [1.807, 2.05) is 20.8 Å². The van der Waals surface area contributed by atoms with Crippen molar-refractivity contribution in [1.82, 2.24) is 0 Å². The van der Waals surface area contributed by atoms with Gasteiger partial charge in [-0.3, -0.25) is 4.79 Å². The monoisotopic (exact) mass is 448 g/mol. The first-order valence-electron chi connectivity index (χ1n) is 13.4. The molecule has 4 aliphatic carbocycles. The van der Waals surface area contributed by atoms with E-state index in [0.717, 1.165) is 51.4 Å². The van der Waals surface area contributed by atoms with Crippen LogP contribution in [0.15, 0.2) is 0 Å². The highest BCUT2D eigenvalue weighted by Crippen LogP contribution is 2.68. The Morgan fingerprint density at radius 3 is 2.34 bits per heavy atom. The summed E-state index contributed by atoms with van der Waals surface area (Å²) in [4.78, 5) is 12.5. The maximum absolute atomic E-state index is 12.5. The molecule has 0 aliphatic heterocycles. The first-order chi connectivity index (χ1) is 14.8. The smallest absolute Gasteiger partial charge is 0.138 e. The molecule has 0 aromatic carbocycles. The zero-order chi connectivity index (χ0) is 23.6. The maximum Gasteiger partial charge on any atom is 0.138 e. The zero-order valence-corrected chi connectivity index (χ0v) is 21.3. The van der Waals surface area contributed by atoms with Crippen LogP contribution in [0.25, 0.3) is 0 Å². The predicted octanol–water partition coefficient (Wildman–Crippen LogP) is 4.98. The molecule has 3 N–H and O–H groups in total. The van der Waals surface area contributed by atoms with Crippen molar-refractivity contribution in [3.8, 4) is 0 Å². The van der Waals surface area contributed by atoms with Crippen LogP contribution in [0.5, 0.6) is 0 Å². The first-order valence-corrected chi connectivity index (χ1v) is 13.4. The van der Waals surface area contributed by atoms with Crippen LogP contribution >= 0.6 is 0 Å². The Balaban J connectivity index is 1.55. The van der Waals surface area contributed by atoms with E-state index < -0.39 is 0 Å². The fourth-order valence-electron chi connectivity index (χ4n) is 9.07. The number of hydrogen-bond donors (Lipinski definition) is 3. The molecule has 4 rings (SSSR count). The Bertz CT molecular complexity index is 713. The quantitative estimate of drug-likeness (QED) is 0.567. The molecule has 4 saturated carbocycles. The van der Waals surface area contributed by atoms with E-state index in [9.17, 15) is 20.1 Å². The number of rotatable bonds is 4. The SMILES string of the molecule is C[C@H](CCC(=O)C(C)(C)C)[C@H]1CC[C@H]2[C@@H]3[C@H](O)C[C@@H]4C[C@H](O)CC[C@]4(C)[C@H]3C[C@H](O)[C@]12C. The minimum absolute atomic E-state index is 0.119. The van der Waals surface area contributed by atoms with Gasteiger partial charge in [0, 0.05) is 11.8 Å². The number of ketones is 1. The lowest BCUT2D eigenvalue weighted by Crippen LogP contribution is -2.62. The van der Waals surface area contributed by atoms with Gasteiger partial charge in [0.25, 0.3) is 0 Å². The number of aliphatic hydroxyl groups is 3. The van der Waals surface area contributed by atoms with Gasteiger partial charge in [0.15, 0.2) is 0 Å². The number of carbonyl (C=O) groups excluding carboxylic acids is 1. The second-order valence-corrected chi connectivity index (χ2v) is 13.7. The highest BCUT2D eigenvalue weighted by Gasteiger charge is 2.65.